The van der Waals surface area contributed by atoms with Crippen LogP contribution in [-0.2, 0) is 6.54 Å². The molecule has 0 N–H and O–H groups in total. The molecule has 0 unspecified atom stereocenters. The van der Waals surface area contributed by atoms with Gasteiger partial charge in [0.05, 0.1) is 12.2 Å². The first-order valence-electron chi connectivity index (χ1n) is 5.19. The molecule has 16 heavy (non-hydrogen) atoms. The minimum absolute atomic E-state index is 0.771. The summed E-state index contributed by atoms with van der Waals surface area (Å²) < 4.78 is 2.72. The number of aromatic nitrogens is 3. The van der Waals surface area contributed by atoms with Crippen LogP contribution in [0.25, 0.3) is 0 Å². The van der Waals surface area contributed by atoms with E-state index in [4.69, 9.17) is 0 Å². The Bertz CT molecular complexity index is 497. The number of rotatable bonds is 2. The van der Waals surface area contributed by atoms with Gasteiger partial charge in [0.2, 0.25) is 0 Å². The molecule has 3 nitrogen and oxygen atoms in total. The molecule has 0 bridgehead atoms. The first-order chi connectivity index (χ1) is 7.56. The Labute approximate surface area is 104 Å². The van der Waals surface area contributed by atoms with Gasteiger partial charge in [0.15, 0.2) is 4.60 Å². The summed E-state index contributed by atoms with van der Waals surface area (Å²) in [6.45, 7) is 7.00. The van der Waals surface area contributed by atoms with Crippen LogP contribution in [0.1, 0.15) is 22.4 Å². The molecule has 2 rings (SSSR count). The molecule has 0 amide bonds. The summed E-state index contributed by atoms with van der Waals surface area (Å²) in [6.07, 6.45) is 0. The highest BCUT2D eigenvalue weighted by molar-refractivity contribution is 9.10. The normalized spacial score (nSPS) is 10.8. The zero-order chi connectivity index (χ0) is 11.7. The molecule has 0 aliphatic carbocycles. The fourth-order valence-corrected chi connectivity index (χ4v) is 2.10. The van der Waals surface area contributed by atoms with Gasteiger partial charge in [0.25, 0.3) is 0 Å². The monoisotopic (exact) mass is 279 g/mol. The third-order valence-electron chi connectivity index (χ3n) is 2.54. The summed E-state index contributed by atoms with van der Waals surface area (Å²) in [5.74, 6) is 0. The Morgan fingerprint density at radius 3 is 2.25 bits per heavy atom. The maximum Gasteiger partial charge on any atom is 0.151 e. The molecule has 0 fully saturated rings. The predicted molar refractivity (Wildman–Crippen MR) is 67.5 cm³/mol. The summed E-state index contributed by atoms with van der Waals surface area (Å²) in [7, 11) is 0. The Morgan fingerprint density at radius 1 is 1.12 bits per heavy atom. The molecule has 0 aliphatic rings. The second-order valence-corrected chi connectivity index (χ2v) is 4.87. The van der Waals surface area contributed by atoms with E-state index in [9.17, 15) is 0 Å². The lowest BCUT2D eigenvalue weighted by molar-refractivity contribution is 0.633. The molecule has 2 aromatic rings. The van der Waals surface area contributed by atoms with Gasteiger partial charge in [-0.15, -0.1) is 5.10 Å². The number of hydrogen-bond acceptors (Lipinski definition) is 2. The standard InChI is InChI=1S/C12H14BrN3/c1-8-4-9(2)6-11(5-8)7-16-10(3)12(13)14-15-16/h4-6H,7H2,1-3H3. The molecule has 0 atom stereocenters. The van der Waals surface area contributed by atoms with Crippen molar-refractivity contribution in [1.29, 1.82) is 0 Å². The van der Waals surface area contributed by atoms with E-state index in [1.54, 1.807) is 0 Å². The van der Waals surface area contributed by atoms with E-state index in [0.29, 0.717) is 0 Å². The average molecular weight is 280 g/mol. The largest absolute Gasteiger partial charge is 0.244 e. The Kier molecular flexibility index (Phi) is 3.10. The van der Waals surface area contributed by atoms with Crippen molar-refractivity contribution in [3.63, 3.8) is 0 Å². The minimum Gasteiger partial charge on any atom is -0.244 e. The molecule has 0 saturated heterocycles. The molecule has 1 aromatic carbocycles. The van der Waals surface area contributed by atoms with Crippen molar-refractivity contribution in [1.82, 2.24) is 15.0 Å². The quantitative estimate of drug-likeness (QED) is 0.846. The number of benzene rings is 1. The lowest BCUT2D eigenvalue weighted by atomic mass is 10.1. The topological polar surface area (TPSA) is 30.7 Å². The van der Waals surface area contributed by atoms with Crippen LogP contribution >= 0.6 is 15.9 Å². The molecule has 0 spiro atoms. The number of aryl methyl sites for hydroxylation is 2. The lowest BCUT2D eigenvalue weighted by Gasteiger charge is -2.06. The smallest absolute Gasteiger partial charge is 0.151 e. The van der Waals surface area contributed by atoms with Crippen LogP contribution in [0.3, 0.4) is 0 Å². The highest BCUT2D eigenvalue weighted by atomic mass is 79.9. The lowest BCUT2D eigenvalue weighted by Crippen LogP contribution is -2.04. The van der Waals surface area contributed by atoms with Crippen LogP contribution < -0.4 is 0 Å². The molecular formula is C12H14BrN3. The average Bonchev–Trinajstić information content (AvgIpc) is 2.48. The van der Waals surface area contributed by atoms with Crippen molar-refractivity contribution in [2.75, 3.05) is 0 Å². The van der Waals surface area contributed by atoms with Gasteiger partial charge in [-0.3, -0.25) is 0 Å². The SMILES string of the molecule is Cc1cc(C)cc(Cn2nnc(Br)c2C)c1. The van der Waals surface area contributed by atoms with E-state index in [-0.39, 0.29) is 0 Å². The van der Waals surface area contributed by atoms with Crippen molar-refractivity contribution in [3.05, 3.63) is 45.2 Å². The van der Waals surface area contributed by atoms with Crippen LogP contribution in [0.5, 0.6) is 0 Å². The molecule has 84 valence electrons. The summed E-state index contributed by atoms with van der Waals surface area (Å²) in [4.78, 5) is 0. The van der Waals surface area contributed by atoms with Crippen LogP contribution in [0.2, 0.25) is 0 Å². The van der Waals surface area contributed by atoms with Crippen LogP contribution in [-0.4, -0.2) is 15.0 Å². The highest BCUT2D eigenvalue weighted by Gasteiger charge is 2.06. The fraction of sp³-hybridized carbons (Fsp3) is 0.333. The maximum atomic E-state index is 4.09. The summed E-state index contributed by atoms with van der Waals surface area (Å²) in [5, 5.41) is 8.08. The van der Waals surface area contributed by atoms with Gasteiger partial charge in [-0.25, -0.2) is 4.68 Å². The van der Waals surface area contributed by atoms with E-state index in [1.807, 2.05) is 11.6 Å². The zero-order valence-electron chi connectivity index (χ0n) is 9.66. The number of hydrogen-bond donors (Lipinski definition) is 0. The van der Waals surface area contributed by atoms with Crippen molar-refractivity contribution < 1.29 is 0 Å². The van der Waals surface area contributed by atoms with E-state index >= 15 is 0 Å². The summed E-state index contributed by atoms with van der Waals surface area (Å²) in [6, 6.07) is 6.54. The molecule has 1 aromatic heterocycles. The van der Waals surface area contributed by atoms with Gasteiger partial charge in [0.1, 0.15) is 0 Å². The maximum absolute atomic E-state index is 4.09. The van der Waals surface area contributed by atoms with E-state index in [2.05, 4.69) is 58.3 Å². The van der Waals surface area contributed by atoms with Gasteiger partial charge in [-0.2, -0.15) is 0 Å². The molecule has 0 saturated carbocycles. The highest BCUT2D eigenvalue weighted by Crippen LogP contribution is 2.14. The van der Waals surface area contributed by atoms with E-state index < -0.39 is 0 Å². The molecule has 0 aliphatic heterocycles. The Hall–Kier alpha value is -1.16. The third kappa shape index (κ3) is 2.32. The first kappa shape index (κ1) is 11.3. The van der Waals surface area contributed by atoms with E-state index in [1.165, 1.54) is 16.7 Å². The van der Waals surface area contributed by atoms with Crippen LogP contribution in [0, 0.1) is 20.8 Å². The number of halogens is 1. The van der Waals surface area contributed by atoms with Crippen molar-refractivity contribution in [3.8, 4) is 0 Å². The van der Waals surface area contributed by atoms with Gasteiger partial charge in [-0.1, -0.05) is 34.5 Å². The molecule has 0 radical (unpaired) electrons. The zero-order valence-corrected chi connectivity index (χ0v) is 11.2. The van der Waals surface area contributed by atoms with Crippen LogP contribution in [0.15, 0.2) is 22.8 Å². The summed E-state index contributed by atoms with van der Waals surface area (Å²) >= 11 is 3.36. The second-order valence-electron chi connectivity index (χ2n) is 4.12. The number of nitrogens with zero attached hydrogens (tertiary/aromatic N) is 3. The van der Waals surface area contributed by atoms with Gasteiger partial charge in [0, 0.05) is 0 Å². The van der Waals surface area contributed by atoms with Crippen molar-refractivity contribution >= 4 is 15.9 Å². The summed E-state index contributed by atoms with van der Waals surface area (Å²) in [5.41, 5.74) is 4.89. The minimum atomic E-state index is 0.771. The van der Waals surface area contributed by atoms with Crippen molar-refractivity contribution in [2.45, 2.75) is 27.3 Å². The van der Waals surface area contributed by atoms with Crippen LogP contribution in [0.4, 0.5) is 0 Å². The van der Waals surface area contributed by atoms with Crippen molar-refractivity contribution in [2.24, 2.45) is 0 Å². The third-order valence-corrected chi connectivity index (χ3v) is 3.27. The molecule has 4 heteroatoms. The first-order valence-corrected chi connectivity index (χ1v) is 5.98. The molecule has 1 heterocycles. The van der Waals surface area contributed by atoms with Gasteiger partial charge in [-0.05, 0) is 42.3 Å². The predicted octanol–water partition coefficient (Wildman–Crippen LogP) is 3.01. The Morgan fingerprint density at radius 2 is 1.75 bits per heavy atom. The second kappa shape index (κ2) is 4.37. The van der Waals surface area contributed by atoms with Gasteiger partial charge >= 0.3 is 0 Å². The molecular weight excluding hydrogens is 266 g/mol. The van der Waals surface area contributed by atoms with E-state index in [0.717, 1.165) is 16.8 Å². The fourth-order valence-electron chi connectivity index (χ4n) is 1.82. The Balaban J connectivity index is 2.30. The van der Waals surface area contributed by atoms with Gasteiger partial charge < -0.3 is 0 Å².